The molecular weight excluding hydrogens is 256 g/mol. The molecule has 0 spiro atoms. The number of anilines is 2. The van der Waals surface area contributed by atoms with E-state index < -0.39 is 0 Å². The summed E-state index contributed by atoms with van der Waals surface area (Å²) < 4.78 is 4.38. The predicted molar refractivity (Wildman–Crippen MR) is 81.7 cm³/mol. The van der Waals surface area contributed by atoms with Crippen LogP contribution in [0, 0.1) is 0 Å². The molecule has 3 N–H and O–H groups in total. The molecule has 2 aromatic rings. The van der Waals surface area contributed by atoms with Gasteiger partial charge in [-0.3, -0.25) is 0 Å². The van der Waals surface area contributed by atoms with E-state index in [0.717, 1.165) is 29.6 Å². The summed E-state index contributed by atoms with van der Waals surface area (Å²) >= 11 is 1.42. The molecule has 5 heteroatoms. The molecular formula is C14H20N4S. The molecule has 0 unspecified atom stereocenters. The van der Waals surface area contributed by atoms with Crippen molar-refractivity contribution in [2.75, 3.05) is 17.6 Å². The van der Waals surface area contributed by atoms with Crippen LogP contribution in [-0.2, 0) is 11.8 Å². The van der Waals surface area contributed by atoms with Crippen molar-refractivity contribution in [3.05, 3.63) is 35.7 Å². The summed E-state index contributed by atoms with van der Waals surface area (Å²) in [6.07, 6.45) is 0.949. The van der Waals surface area contributed by atoms with E-state index in [2.05, 4.69) is 47.6 Å². The highest BCUT2D eigenvalue weighted by atomic mass is 32.1. The van der Waals surface area contributed by atoms with Crippen molar-refractivity contribution in [2.45, 2.75) is 32.6 Å². The number of rotatable bonds is 4. The summed E-state index contributed by atoms with van der Waals surface area (Å²) in [7, 11) is 0. The zero-order valence-electron chi connectivity index (χ0n) is 11.6. The molecule has 0 aliphatic carbocycles. The van der Waals surface area contributed by atoms with Gasteiger partial charge in [-0.15, -0.1) is 0 Å². The van der Waals surface area contributed by atoms with E-state index in [0.29, 0.717) is 0 Å². The fraction of sp³-hybridized carbons (Fsp3) is 0.429. The molecule has 102 valence electrons. The Balaban J connectivity index is 1.86. The Morgan fingerprint density at radius 1 is 1.21 bits per heavy atom. The van der Waals surface area contributed by atoms with Crippen LogP contribution >= 0.6 is 11.5 Å². The lowest BCUT2D eigenvalue weighted by atomic mass is 9.96. The van der Waals surface area contributed by atoms with E-state index in [1.807, 2.05) is 12.1 Å². The highest BCUT2D eigenvalue weighted by Crippen LogP contribution is 2.22. The van der Waals surface area contributed by atoms with Crippen LogP contribution in [0.5, 0.6) is 0 Å². The molecule has 0 aliphatic rings. The highest BCUT2D eigenvalue weighted by molar-refractivity contribution is 7.09. The fourth-order valence-electron chi connectivity index (χ4n) is 1.60. The lowest BCUT2D eigenvalue weighted by Crippen LogP contribution is -2.13. The van der Waals surface area contributed by atoms with Gasteiger partial charge >= 0.3 is 0 Å². The third-order valence-corrected chi connectivity index (χ3v) is 3.44. The fourth-order valence-corrected chi connectivity index (χ4v) is 2.38. The smallest absolute Gasteiger partial charge is 0.202 e. The Kier molecular flexibility index (Phi) is 4.04. The van der Waals surface area contributed by atoms with Gasteiger partial charge in [0.25, 0.3) is 0 Å². The minimum Gasteiger partial charge on any atom is -0.399 e. The topological polar surface area (TPSA) is 63.8 Å². The monoisotopic (exact) mass is 276 g/mol. The van der Waals surface area contributed by atoms with Crippen LogP contribution < -0.4 is 11.1 Å². The summed E-state index contributed by atoms with van der Waals surface area (Å²) in [5.74, 6) is 0.896. The first-order valence-electron chi connectivity index (χ1n) is 6.37. The van der Waals surface area contributed by atoms with Crippen molar-refractivity contribution < 1.29 is 0 Å². The molecule has 0 amide bonds. The van der Waals surface area contributed by atoms with Crippen molar-refractivity contribution in [3.63, 3.8) is 0 Å². The number of hydrogen-bond donors (Lipinski definition) is 2. The maximum Gasteiger partial charge on any atom is 0.202 e. The third kappa shape index (κ3) is 3.92. The number of nitrogen functional groups attached to an aromatic ring is 1. The number of hydrogen-bond acceptors (Lipinski definition) is 5. The van der Waals surface area contributed by atoms with Gasteiger partial charge in [-0.05, 0) is 24.1 Å². The number of aromatic nitrogens is 2. The summed E-state index contributed by atoms with van der Waals surface area (Å²) in [6.45, 7) is 7.20. The average molecular weight is 276 g/mol. The van der Waals surface area contributed by atoms with Crippen molar-refractivity contribution in [1.82, 2.24) is 9.36 Å². The number of nitrogens with zero attached hydrogens (tertiary/aromatic N) is 2. The minimum absolute atomic E-state index is 0.00733. The summed E-state index contributed by atoms with van der Waals surface area (Å²) in [5.41, 5.74) is 7.73. The van der Waals surface area contributed by atoms with Crippen molar-refractivity contribution in [3.8, 4) is 0 Å². The second-order valence-corrected chi connectivity index (χ2v) is 6.34. The standard InChI is InChI=1S/C14H20N4S/c1-14(2,3)12-17-13(19-18-12)16-9-8-10-4-6-11(15)7-5-10/h4-7H,8-9,15H2,1-3H3,(H,16,17,18). The van der Waals surface area contributed by atoms with Gasteiger partial charge in [0.15, 0.2) is 0 Å². The van der Waals surface area contributed by atoms with Gasteiger partial charge in [-0.2, -0.15) is 4.37 Å². The predicted octanol–water partition coefficient (Wildman–Crippen LogP) is 3.07. The van der Waals surface area contributed by atoms with Gasteiger partial charge < -0.3 is 11.1 Å². The highest BCUT2D eigenvalue weighted by Gasteiger charge is 2.19. The molecule has 0 atom stereocenters. The Labute approximate surface area is 118 Å². The van der Waals surface area contributed by atoms with Gasteiger partial charge in [0, 0.05) is 29.2 Å². The second-order valence-electron chi connectivity index (χ2n) is 5.59. The molecule has 0 saturated carbocycles. The first-order chi connectivity index (χ1) is 8.95. The van der Waals surface area contributed by atoms with Crippen LogP contribution in [0.1, 0.15) is 32.2 Å². The van der Waals surface area contributed by atoms with E-state index in [-0.39, 0.29) is 5.41 Å². The maximum atomic E-state index is 5.66. The third-order valence-electron chi connectivity index (χ3n) is 2.77. The first-order valence-corrected chi connectivity index (χ1v) is 7.15. The zero-order chi connectivity index (χ0) is 13.9. The van der Waals surface area contributed by atoms with Crippen LogP contribution in [0.15, 0.2) is 24.3 Å². The lowest BCUT2D eigenvalue weighted by Gasteiger charge is -2.12. The van der Waals surface area contributed by atoms with Crippen LogP contribution in [0.3, 0.4) is 0 Å². The summed E-state index contributed by atoms with van der Waals surface area (Å²) in [4.78, 5) is 4.50. The molecule has 0 bridgehead atoms. The molecule has 0 saturated heterocycles. The van der Waals surface area contributed by atoms with E-state index >= 15 is 0 Å². The molecule has 2 rings (SSSR count). The molecule has 0 radical (unpaired) electrons. The SMILES string of the molecule is CC(C)(C)c1nsc(NCCc2ccc(N)cc2)n1. The van der Waals surface area contributed by atoms with Crippen LogP contribution in [0.25, 0.3) is 0 Å². The van der Waals surface area contributed by atoms with Crippen LogP contribution in [0.2, 0.25) is 0 Å². The molecule has 1 aromatic carbocycles. The maximum absolute atomic E-state index is 5.66. The Bertz CT molecular complexity index is 525. The van der Waals surface area contributed by atoms with Gasteiger partial charge in [-0.25, -0.2) is 4.98 Å². The lowest BCUT2D eigenvalue weighted by molar-refractivity contribution is 0.555. The van der Waals surface area contributed by atoms with Gasteiger partial charge in [0.1, 0.15) is 5.82 Å². The van der Waals surface area contributed by atoms with E-state index in [1.165, 1.54) is 17.1 Å². The van der Waals surface area contributed by atoms with Gasteiger partial charge in [0.05, 0.1) is 0 Å². The van der Waals surface area contributed by atoms with E-state index in [9.17, 15) is 0 Å². The normalized spacial score (nSPS) is 11.5. The van der Waals surface area contributed by atoms with Gasteiger partial charge in [0.2, 0.25) is 5.13 Å². The van der Waals surface area contributed by atoms with Crippen molar-refractivity contribution >= 4 is 22.4 Å². The Morgan fingerprint density at radius 2 is 1.89 bits per heavy atom. The van der Waals surface area contributed by atoms with Crippen LogP contribution in [0.4, 0.5) is 10.8 Å². The van der Waals surface area contributed by atoms with Gasteiger partial charge in [-0.1, -0.05) is 32.9 Å². The Hall–Kier alpha value is -1.62. The Morgan fingerprint density at radius 3 is 2.47 bits per heavy atom. The number of benzene rings is 1. The first kappa shape index (κ1) is 13.8. The quantitative estimate of drug-likeness (QED) is 0.842. The molecule has 0 fully saturated rings. The summed E-state index contributed by atoms with van der Waals surface area (Å²) in [5, 5.41) is 4.20. The van der Waals surface area contributed by atoms with Crippen molar-refractivity contribution in [1.29, 1.82) is 0 Å². The average Bonchev–Trinajstić information content (AvgIpc) is 2.80. The number of nitrogens with one attached hydrogen (secondary N) is 1. The number of nitrogens with two attached hydrogens (primary N) is 1. The summed E-state index contributed by atoms with van der Waals surface area (Å²) in [6, 6.07) is 7.96. The minimum atomic E-state index is 0.00733. The molecule has 19 heavy (non-hydrogen) atoms. The van der Waals surface area contributed by atoms with Crippen LogP contribution in [-0.4, -0.2) is 15.9 Å². The molecule has 1 heterocycles. The van der Waals surface area contributed by atoms with E-state index in [1.54, 1.807) is 0 Å². The zero-order valence-corrected chi connectivity index (χ0v) is 12.4. The largest absolute Gasteiger partial charge is 0.399 e. The molecule has 0 aliphatic heterocycles. The van der Waals surface area contributed by atoms with Crippen molar-refractivity contribution in [2.24, 2.45) is 0 Å². The molecule has 4 nitrogen and oxygen atoms in total. The second kappa shape index (κ2) is 5.57. The van der Waals surface area contributed by atoms with E-state index in [4.69, 9.17) is 5.73 Å². The molecule has 1 aromatic heterocycles.